The average Bonchev–Trinajstić information content (AvgIpc) is 4.12. The van der Waals surface area contributed by atoms with E-state index in [1.54, 1.807) is 0 Å². The molecule has 3 heterocycles. The molecule has 0 atom stereocenters. The summed E-state index contributed by atoms with van der Waals surface area (Å²) in [7, 11) is -3.10. The molecule has 0 N–H and O–H groups in total. The summed E-state index contributed by atoms with van der Waals surface area (Å²) in [5.74, 6) is 0. The molecule has 0 aliphatic rings. The SMILES string of the molecule is N#Cc1c(-c2cccc(-n3c4ccccc4c4cc(-n5c6ccccc6c6ccccc65)ccc43)c2)cccc1-c1cccc([Si](c2ccccc2)(c2ccccc2)c2cccc3c2oc2ccccc23)c1. The highest BCUT2D eigenvalue weighted by molar-refractivity contribution is 7.20. The first-order valence-corrected chi connectivity index (χ1v) is 26.5. The van der Waals surface area contributed by atoms with Crippen LogP contribution in [0.5, 0.6) is 0 Å². The van der Waals surface area contributed by atoms with Gasteiger partial charge in [0.2, 0.25) is 0 Å². The Labute approximate surface area is 417 Å². The number of fused-ring (bicyclic) bond motifs is 9. The summed E-state index contributed by atoms with van der Waals surface area (Å²) in [5.41, 5.74) is 12.9. The van der Waals surface area contributed by atoms with Gasteiger partial charge in [0.1, 0.15) is 17.2 Å². The monoisotopic (exact) mass is 933 g/mol. The second kappa shape index (κ2) is 16.6. The lowest BCUT2D eigenvalue weighted by Gasteiger charge is -2.34. The third-order valence-corrected chi connectivity index (χ3v) is 19.7. The van der Waals surface area contributed by atoms with Gasteiger partial charge in [0.05, 0.1) is 27.6 Å². The minimum absolute atomic E-state index is 0.635. The number of nitrogens with zero attached hydrogens (tertiary/aromatic N) is 3. The van der Waals surface area contributed by atoms with E-state index in [1.807, 2.05) is 6.07 Å². The predicted molar refractivity (Wildman–Crippen MR) is 302 cm³/mol. The van der Waals surface area contributed by atoms with Crippen LogP contribution in [0.25, 0.3) is 99.2 Å². The van der Waals surface area contributed by atoms with Gasteiger partial charge in [-0.2, -0.15) is 5.26 Å². The zero-order valence-electron chi connectivity index (χ0n) is 39.1. The molecule has 0 aliphatic heterocycles. The molecule has 0 aliphatic carbocycles. The molecule has 0 radical (unpaired) electrons. The molecule has 336 valence electrons. The molecule has 14 rings (SSSR count). The fourth-order valence-electron chi connectivity index (χ4n) is 11.9. The van der Waals surface area contributed by atoms with E-state index < -0.39 is 8.07 Å². The highest BCUT2D eigenvalue weighted by atomic mass is 28.3. The van der Waals surface area contributed by atoms with E-state index in [-0.39, 0.29) is 0 Å². The van der Waals surface area contributed by atoms with Crippen molar-refractivity contribution in [1.29, 1.82) is 5.26 Å². The van der Waals surface area contributed by atoms with Gasteiger partial charge in [-0.25, -0.2) is 0 Å². The topological polar surface area (TPSA) is 46.8 Å². The summed E-state index contributed by atoms with van der Waals surface area (Å²) < 4.78 is 11.6. The van der Waals surface area contributed by atoms with Crippen molar-refractivity contribution in [2.45, 2.75) is 0 Å². The predicted octanol–water partition coefficient (Wildman–Crippen LogP) is 14.4. The van der Waals surface area contributed by atoms with Crippen molar-refractivity contribution < 1.29 is 4.42 Å². The minimum atomic E-state index is -3.10. The second-order valence-corrected chi connectivity index (χ2v) is 22.4. The third kappa shape index (κ3) is 6.23. The van der Waals surface area contributed by atoms with Gasteiger partial charge < -0.3 is 13.6 Å². The fourth-order valence-corrected chi connectivity index (χ4v) is 16.8. The van der Waals surface area contributed by atoms with Crippen LogP contribution in [-0.4, -0.2) is 17.2 Å². The van der Waals surface area contributed by atoms with Crippen molar-refractivity contribution in [2.24, 2.45) is 0 Å². The summed E-state index contributed by atoms with van der Waals surface area (Å²) in [6.45, 7) is 0. The largest absolute Gasteiger partial charge is 0.456 e. The Morgan fingerprint density at radius 3 is 1.46 bits per heavy atom. The molecule has 0 saturated heterocycles. The highest BCUT2D eigenvalue weighted by Crippen LogP contribution is 2.39. The van der Waals surface area contributed by atoms with Gasteiger partial charge in [-0.3, -0.25) is 0 Å². The first kappa shape index (κ1) is 41.5. The Balaban J connectivity index is 0.923. The minimum Gasteiger partial charge on any atom is -0.456 e. The molecule has 0 unspecified atom stereocenters. The van der Waals surface area contributed by atoms with E-state index >= 15 is 0 Å². The molecule has 5 heteroatoms. The van der Waals surface area contributed by atoms with Gasteiger partial charge in [0.25, 0.3) is 0 Å². The van der Waals surface area contributed by atoms with E-state index in [1.165, 1.54) is 53.3 Å². The Morgan fingerprint density at radius 2 is 0.819 bits per heavy atom. The maximum atomic E-state index is 11.3. The summed E-state index contributed by atoms with van der Waals surface area (Å²) in [4.78, 5) is 0. The number of para-hydroxylation sites is 5. The van der Waals surface area contributed by atoms with Crippen molar-refractivity contribution >= 4 is 94.4 Å². The number of nitriles is 1. The quantitative estimate of drug-likeness (QED) is 0.113. The Kier molecular flexibility index (Phi) is 9.57. The molecule has 0 fully saturated rings. The number of hydrogen-bond acceptors (Lipinski definition) is 2. The van der Waals surface area contributed by atoms with Crippen molar-refractivity contribution in [1.82, 2.24) is 9.13 Å². The van der Waals surface area contributed by atoms with Crippen LogP contribution in [0.4, 0.5) is 0 Å². The smallest absolute Gasteiger partial charge is 0.184 e. The van der Waals surface area contributed by atoms with Crippen molar-refractivity contribution in [3.63, 3.8) is 0 Å². The number of furan rings is 1. The van der Waals surface area contributed by atoms with Gasteiger partial charge in [-0.15, -0.1) is 0 Å². The van der Waals surface area contributed by atoms with Crippen LogP contribution in [-0.2, 0) is 0 Å². The molecular weight excluding hydrogens is 891 g/mol. The molecule has 0 bridgehead atoms. The lowest BCUT2D eigenvalue weighted by molar-refractivity contribution is 0.671. The van der Waals surface area contributed by atoms with Crippen LogP contribution in [0.2, 0.25) is 0 Å². The zero-order valence-corrected chi connectivity index (χ0v) is 40.1. The Morgan fingerprint density at radius 1 is 0.347 bits per heavy atom. The molecule has 0 spiro atoms. The molecule has 11 aromatic carbocycles. The van der Waals surface area contributed by atoms with Crippen molar-refractivity contribution in [3.8, 4) is 39.7 Å². The lowest BCUT2D eigenvalue weighted by atomic mass is 9.92. The molecule has 3 aromatic heterocycles. The summed E-state index contributed by atoms with van der Waals surface area (Å²) in [6.07, 6.45) is 0. The summed E-state index contributed by atoms with van der Waals surface area (Å²) in [6, 6.07) is 96.3. The van der Waals surface area contributed by atoms with Crippen LogP contribution >= 0.6 is 0 Å². The van der Waals surface area contributed by atoms with Crippen LogP contribution in [0.15, 0.2) is 265 Å². The van der Waals surface area contributed by atoms with Gasteiger partial charge in [-0.05, 0) is 86.5 Å². The maximum Gasteiger partial charge on any atom is 0.184 e. The molecule has 0 saturated carbocycles. The molecular formula is C67H43N3OSi. The van der Waals surface area contributed by atoms with Gasteiger partial charge in [-0.1, -0.05) is 206 Å². The molecule has 72 heavy (non-hydrogen) atoms. The van der Waals surface area contributed by atoms with Crippen molar-refractivity contribution in [2.75, 3.05) is 0 Å². The number of benzene rings is 11. The first-order chi connectivity index (χ1) is 35.7. The standard InChI is InChI=1S/C67H43N3OSi/c68-44-60-52(45-19-15-21-47(41-45)69-63-36-13-9-29-56(63)59-43-48(39-40-64(59)69)70-61-34-11-7-27-54(61)55-28-8-12-35-62(55)70)31-17-32-53(60)46-20-16-26-51(42-46)72(49-22-3-1-4-23-49,50-24-5-2-6-25-50)66-38-18-33-58-57-30-10-14-37-65(57)71-67(58)66/h1-43H. The zero-order chi connectivity index (χ0) is 47.8. The summed E-state index contributed by atoms with van der Waals surface area (Å²) in [5, 5.41) is 23.2. The van der Waals surface area contributed by atoms with E-state index in [2.05, 4.69) is 270 Å². The normalized spacial score (nSPS) is 11.9. The van der Waals surface area contributed by atoms with Crippen LogP contribution < -0.4 is 20.7 Å². The Bertz CT molecular complexity index is 4390. The number of rotatable bonds is 8. The molecule has 4 nitrogen and oxygen atoms in total. The average molecular weight is 934 g/mol. The van der Waals surface area contributed by atoms with Gasteiger partial charge in [0, 0.05) is 54.8 Å². The third-order valence-electron chi connectivity index (χ3n) is 14.9. The van der Waals surface area contributed by atoms with E-state index in [0.29, 0.717) is 5.56 Å². The highest BCUT2D eigenvalue weighted by Gasteiger charge is 2.44. The van der Waals surface area contributed by atoms with Crippen LogP contribution in [0, 0.1) is 11.3 Å². The maximum absolute atomic E-state index is 11.3. The van der Waals surface area contributed by atoms with Crippen LogP contribution in [0.3, 0.4) is 0 Å². The number of aromatic nitrogens is 2. The van der Waals surface area contributed by atoms with Gasteiger partial charge in [0.15, 0.2) is 8.07 Å². The second-order valence-electron chi connectivity index (χ2n) is 18.7. The lowest BCUT2D eigenvalue weighted by Crippen LogP contribution is -2.74. The van der Waals surface area contributed by atoms with Crippen LogP contribution in [0.1, 0.15) is 5.56 Å². The number of hydrogen-bond donors (Lipinski definition) is 0. The van der Waals surface area contributed by atoms with E-state index in [9.17, 15) is 5.26 Å². The molecule has 14 aromatic rings. The molecule has 0 amide bonds. The van der Waals surface area contributed by atoms with Gasteiger partial charge >= 0.3 is 0 Å². The Hall–Kier alpha value is -9.47. The fraction of sp³-hybridized carbons (Fsp3) is 0. The summed E-state index contributed by atoms with van der Waals surface area (Å²) >= 11 is 0. The van der Waals surface area contributed by atoms with E-state index in [0.717, 1.165) is 66.6 Å². The van der Waals surface area contributed by atoms with E-state index in [4.69, 9.17) is 4.42 Å². The first-order valence-electron chi connectivity index (χ1n) is 24.5. The van der Waals surface area contributed by atoms with Crippen molar-refractivity contribution in [3.05, 3.63) is 266 Å².